The van der Waals surface area contributed by atoms with Crippen molar-refractivity contribution in [1.29, 1.82) is 0 Å². The number of rotatable bonds is 6. The van der Waals surface area contributed by atoms with Crippen molar-refractivity contribution in [1.82, 2.24) is 19.7 Å². The van der Waals surface area contributed by atoms with E-state index >= 15 is 0 Å². The second kappa shape index (κ2) is 8.55. The van der Waals surface area contributed by atoms with E-state index in [2.05, 4.69) is 20.4 Å². The molecule has 29 heavy (non-hydrogen) atoms. The van der Waals surface area contributed by atoms with Gasteiger partial charge in [-0.25, -0.2) is 14.6 Å². The summed E-state index contributed by atoms with van der Waals surface area (Å²) in [7, 11) is 0. The van der Waals surface area contributed by atoms with Gasteiger partial charge in [-0.05, 0) is 35.7 Å². The molecule has 4 aromatic rings. The molecule has 0 atom stereocenters. The number of aromatic nitrogens is 4. The molecule has 0 saturated heterocycles. The van der Waals surface area contributed by atoms with Gasteiger partial charge in [0.05, 0.1) is 6.54 Å². The molecule has 0 unspecified atom stereocenters. The molecule has 146 valence electrons. The monoisotopic (exact) mass is 423 g/mol. The summed E-state index contributed by atoms with van der Waals surface area (Å²) >= 11 is 7.83. The largest absolute Gasteiger partial charge is 0.298 e. The van der Waals surface area contributed by atoms with Crippen LogP contribution in [0.25, 0.3) is 0 Å². The van der Waals surface area contributed by atoms with Crippen molar-refractivity contribution in [2.24, 2.45) is 0 Å². The van der Waals surface area contributed by atoms with E-state index in [0.29, 0.717) is 23.7 Å². The molecule has 0 aliphatic heterocycles. The molecule has 0 saturated carbocycles. The topological polar surface area (TPSA) is 72.7 Å². The van der Waals surface area contributed by atoms with E-state index in [-0.39, 0.29) is 5.91 Å². The fourth-order valence-electron chi connectivity index (χ4n) is 2.91. The first-order valence-electron chi connectivity index (χ1n) is 9.00. The molecule has 8 heteroatoms. The van der Waals surface area contributed by atoms with Gasteiger partial charge in [-0.2, -0.15) is 5.10 Å². The normalized spacial score (nSPS) is 10.8. The van der Waals surface area contributed by atoms with Crippen molar-refractivity contribution < 1.29 is 4.79 Å². The van der Waals surface area contributed by atoms with Crippen LogP contribution in [0.3, 0.4) is 0 Å². The van der Waals surface area contributed by atoms with Gasteiger partial charge in [0.25, 0.3) is 5.91 Å². The number of carbonyl (C=O) groups excluding carboxylic acids is 1. The van der Waals surface area contributed by atoms with E-state index < -0.39 is 0 Å². The summed E-state index contributed by atoms with van der Waals surface area (Å²) in [4.78, 5) is 21.8. The fraction of sp³-hybridized carbons (Fsp3) is 0.143. The van der Waals surface area contributed by atoms with Crippen molar-refractivity contribution in [2.45, 2.75) is 19.9 Å². The Kier molecular flexibility index (Phi) is 5.69. The highest BCUT2D eigenvalue weighted by Crippen LogP contribution is 2.27. The van der Waals surface area contributed by atoms with Crippen molar-refractivity contribution in [3.8, 4) is 0 Å². The minimum atomic E-state index is -0.188. The molecule has 4 rings (SSSR count). The van der Waals surface area contributed by atoms with Crippen LogP contribution in [-0.2, 0) is 13.0 Å². The van der Waals surface area contributed by atoms with Crippen LogP contribution in [0.2, 0.25) is 5.02 Å². The molecule has 0 spiro atoms. The fourth-order valence-corrected chi connectivity index (χ4v) is 3.94. The summed E-state index contributed by atoms with van der Waals surface area (Å²) in [5.41, 5.74) is 3.72. The van der Waals surface area contributed by atoms with Gasteiger partial charge in [-0.1, -0.05) is 41.9 Å². The van der Waals surface area contributed by atoms with Crippen molar-refractivity contribution in [2.75, 3.05) is 5.32 Å². The van der Waals surface area contributed by atoms with Crippen LogP contribution in [0.1, 0.15) is 31.9 Å². The number of nitrogens with one attached hydrogen (secondary N) is 1. The molecule has 0 radical (unpaired) electrons. The second-order valence-corrected chi connectivity index (χ2v) is 8.09. The molecule has 0 aliphatic carbocycles. The van der Waals surface area contributed by atoms with Gasteiger partial charge in [0, 0.05) is 28.1 Å². The van der Waals surface area contributed by atoms with Gasteiger partial charge >= 0.3 is 0 Å². The van der Waals surface area contributed by atoms with E-state index in [9.17, 15) is 4.79 Å². The van der Waals surface area contributed by atoms with Crippen LogP contribution >= 0.6 is 22.9 Å². The van der Waals surface area contributed by atoms with E-state index in [1.54, 1.807) is 29.3 Å². The maximum atomic E-state index is 12.5. The zero-order valence-electron chi connectivity index (χ0n) is 15.7. The van der Waals surface area contributed by atoms with E-state index in [1.807, 2.05) is 37.3 Å². The lowest BCUT2D eigenvalue weighted by atomic mass is 10.1. The van der Waals surface area contributed by atoms with Crippen LogP contribution in [0.4, 0.5) is 5.13 Å². The highest BCUT2D eigenvalue weighted by atomic mass is 35.5. The number of hydrogen-bond acceptors (Lipinski definition) is 5. The molecule has 1 amide bonds. The lowest BCUT2D eigenvalue weighted by molar-refractivity contribution is 0.102. The molecule has 0 bridgehead atoms. The summed E-state index contributed by atoms with van der Waals surface area (Å²) in [5.74, 6) is -0.188. The van der Waals surface area contributed by atoms with Crippen molar-refractivity contribution >= 4 is 34.0 Å². The molecule has 0 aliphatic rings. The molecular weight excluding hydrogens is 406 g/mol. The molecule has 6 nitrogen and oxygen atoms in total. The van der Waals surface area contributed by atoms with Gasteiger partial charge in [0.2, 0.25) is 0 Å². The average Bonchev–Trinajstić information content (AvgIpc) is 3.38. The number of amides is 1. The van der Waals surface area contributed by atoms with Crippen LogP contribution in [0.15, 0.2) is 61.3 Å². The van der Waals surface area contributed by atoms with Gasteiger partial charge in [-0.15, -0.1) is 11.3 Å². The Hall–Kier alpha value is -3.03. The third-order valence-corrected chi connectivity index (χ3v) is 5.89. The van der Waals surface area contributed by atoms with Gasteiger partial charge in [-0.3, -0.25) is 10.1 Å². The van der Waals surface area contributed by atoms with Crippen LogP contribution < -0.4 is 5.32 Å². The number of halogens is 1. The number of carbonyl (C=O) groups is 1. The second-order valence-electron chi connectivity index (χ2n) is 6.60. The summed E-state index contributed by atoms with van der Waals surface area (Å²) in [6.45, 7) is 2.60. The van der Waals surface area contributed by atoms with Gasteiger partial charge in [0.1, 0.15) is 12.7 Å². The molecule has 2 aromatic heterocycles. The van der Waals surface area contributed by atoms with Crippen LogP contribution in [0.5, 0.6) is 0 Å². The highest BCUT2D eigenvalue weighted by Gasteiger charge is 2.11. The van der Waals surface area contributed by atoms with Gasteiger partial charge in [0.15, 0.2) is 5.13 Å². The predicted molar refractivity (Wildman–Crippen MR) is 115 cm³/mol. The predicted octanol–water partition coefficient (Wildman–Crippen LogP) is 4.59. The standard InChI is InChI=1S/C21H18ClN5OS/c1-14-3-2-4-17(19(14)22)9-18-10-24-21(29-18)26-20(28)16-7-5-15(6-8-16)11-27-13-23-12-25-27/h2-8,10,12-13H,9,11H2,1H3,(H,24,26,28). The number of anilines is 1. The molecule has 2 aromatic carbocycles. The SMILES string of the molecule is Cc1cccc(Cc2cnc(NC(=O)c3ccc(Cn4cncn4)cc3)s2)c1Cl. The number of hydrogen-bond donors (Lipinski definition) is 1. The molecular formula is C21H18ClN5OS. The third kappa shape index (κ3) is 4.70. The van der Waals surface area contributed by atoms with Crippen LogP contribution in [0, 0.1) is 6.92 Å². The lowest BCUT2D eigenvalue weighted by Crippen LogP contribution is -2.11. The zero-order chi connectivity index (χ0) is 20.2. The first kappa shape index (κ1) is 19.3. The number of benzene rings is 2. The van der Waals surface area contributed by atoms with E-state index in [4.69, 9.17) is 11.6 Å². The Morgan fingerprint density at radius 1 is 1.21 bits per heavy atom. The maximum absolute atomic E-state index is 12.5. The summed E-state index contributed by atoms with van der Waals surface area (Å²) < 4.78 is 1.73. The van der Waals surface area contributed by atoms with Crippen LogP contribution in [-0.4, -0.2) is 25.7 Å². The highest BCUT2D eigenvalue weighted by molar-refractivity contribution is 7.15. The summed E-state index contributed by atoms with van der Waals surface area (Å²) in [5, 5.41) is 8.29. The maximum Gasteiger partial charge on any atom is 0.257 e. The first-order chi connectivity index (χ1) is 14.1. The zero-order valence-corrected chi connectivity index (χ0v) is 17.2. The number of nitrogens with zero attached hydrogens (tertiary/aromatic N) is 4. The van der Waals surface area contributed by atoms with Crippen molar-refractivity contribution in [3.63, 3.8) is 0 Å². The Morgan fingerprint density at radius 2 is 2.03 bits per heavy atom. The third-order valence-electron chi connectivity index (χ3n) is 4.44. The Bertz CT molecular complexity index is 1120. The van der Waals surface area contributed by atoms with Gasteiger partial charge < -0.3 is 0 Å². The smallest absolute Gasteiger partial charge is 0.257 e. The van der Waals surface area contributed by atoms with Crippen molar-refractivity contribution in [3.05, 3.63) is 93.5 Å². The Balaban J connectivity index is 1.39. The Labute approximate surface area is 177 Å². The first-order valence-corrected chi connectivity index (χ1v) is 10.2. The quantitative estimate of drug-likeness (QED) is 0.492. The molecule has 0 fully saturated rings. The molecule has 1 N–H and O–H groups in total. The van der Waals surface area contributed by atoms with E-state index in [1.165, 1.54) is 17.7 Å². The minimum absolute atomic E-state index is 0.188. The average molecular weight is 424 g/mol. The number of aryl methyl sites for hydroxylation is 1. The minimum Gasteiger partial charge on any atom is -0.298 e. The Morgan fingerprint density at radius 3 is 2.79 bits per heavy atom. The number of thiazole rings is 1. The molecule has 2 heterocycles. The summed E-state index contributed by atoms with van der Waals surface area (Å²) in [6, 6.07) is 13.4. The summed E-state index contributed by atoms with van der Waals surface area (Å²) in [6.07, 6.45) is 5.62. The lowest BCUT2D eigenvalue weighted by Gasteiger charge is -2.05. The van der Waals surface area contributed by atoms with E-state index in [0.717, 1.165) is 26.6 Å².